The van der Waals surface area contributed by atoms with Crippen molar-refractivity contribution in [2.75, 3.05) is 6.54 Å². The maximum Gasteiger partial charge on any atom is 0.324 e. The van der Waals surface area contributed by atoms with Gasteiger partial charge in [-0.25, -0.2) is 0 Å². The number of carbonyl (C=O) groups is 1. The van der Waals surface area contributed by atoms with E-state index in [0.717, 1.165) is 24.2 Å². The van der Waals surface area contributed by atoms with Gasteiger partial charge < -0.3 is 11.1 Å². The van der Waals surface area contributed by atoms with E-state index in [1.165, 1.54) is 12.1 Å². The van der Waals surface area contributed by atoms with Crippen LogP contribution >= 0.6 is 11.3 Å². The summed E-state index contributed by atoms with van der Waals surface area (Å²) < 4.78 is 0. The molecule has 1 aromatic rings. The van der Waals surface area contributed by atoms with Gasteiger partial charge in [0.25, 0.3) is 5.91 Å². The van der Waals surface area contributed by atoms with E-state index in [2.05, 4.69) is 5.32 Å². The second-order valence-corrected chi connectivity index (χ2v) is 5.17. The summed E-state index contributed by atoms with van der Waals surface area (Å²) in [6.45, 7) is 0.426. The van der Waals surface area contributed by atoms with Gasteiger partial charge in [-0.3, -0.25) is 14.9 Å². The number of amides is 1. The van der Waals surface area contributed by atoms with E-state index in [-0.39, 0.29) is 17.0 Å². The van der Waals surface area contributed by atoms with Gasteiger partial charge in [0.2, 0.25) is 0 Å². The van der Waals surface area contributed by atoms with Crippen molar-refractivity contribution in [2.24, 2.45) is 11.7 Å². The smallest absolute Gasteiger partial charge is 0.324 e. The van der Waals surface area contributed by atoms with Crippen LogP contribution in [-0.2, 0) is 0 Å². The summed E-state index contributed by atoms with van der Waals surface area (Å²) in [4.78, 5) is 22.0. The number of nitro groups is 1. The van der Waals surface area contributed by atoms with Crippen LogP contribution in [0.5, 0.6) is 0 Å². The molecule has 17 heavy (non-hydrogen) atoms. The minimum absolute atomic E-state index is 0.00565. The second-order valence-electron chi connectivity index (χ2n) is 4.11. The molecule has 0 bridgehead atoms. The van der Waals surface area contributed by atoms with E-state index in [1.807, 2.05) is 0 Å². The molecule has 2 rings (SSSR count). The summed E-state index contributed by atoms with van der Waals surface area (Å²) in [5, 5.41) is 13.1. The third kappa shape index (κ3) is 3.01. The highest BCUT2D eigenvalue weighted by Gasteiger charge is 2.28. The monoisotopic (exact) mass is 255 g/mol. The Kier molecular flexibility index (Phi) is 3.39. The minimum atomic E-state index is -0.503. The van der Waals surface area contributed by atoms with Crippen molar-refractivity contribution < 1.29 is 9.72 Å². The summed E-state index contributed by atoms with van der Waals surface area (Å²) in [6, 6.07) is 2.79. The van der Waals surface area contributed by atoms with Gasteiger partial charge in [0.05, 0.1) is 9.80 Å². The largest absolute Gasteiger partial charge is 0.350 e. The van der Waals surface area contributed by atoms with Crippen molar-refractivity contribution in [3.05, 3.63) is 27.1 Å². The highest BCUT2D eigenvalue weighted by atomic mass is 32.1. The fraction of sp³-hybridized carbons (Fsp3) is 0.500. The first-order valence-electron chi connectivity index (χ1n) is 5.36. The molecule has 6 nitrogen and oxygen atoms in total. The number of carbonyl (C=O) groups excluding carboxylic acids is 1. The number of thiophene rings is 1. The number of rotatable bonds is 5. The van der Waals surface area contributed by atoms with E-state index >= 15 is 0 Å². The quantitative estimate of drug-likeness (QED) is 0.608. The Morgan fingerprint density at radius 3 is 2.88 bits per heavy atom. The SMILES string of the molecule is NC(CNC(=O)c1ccc([N+](=O)[O-])s1)C1CC1. The predicted octanol–water partition coefficient (Wildman–Crippen LogP) is 1.12. The second kappa shape index (κ2) is 4.80. The van der Waals surface area contributed by atoms with Gasteiger partial charge in [-0.2, -0.15) is 0 Å². The zero-order chi connectivity index (χ0) is 12.4. The molecule has 3 N–H and O–H groups in total. The molecular weight excluding hydrogens is 242 g/mol. The lowest BCUT2D eigenvalue weighted by atomic mass is 10.2. The van der Waals surface area contributed by atoms with Gasteiger partial charge >= 0.3 is 5.00 Å². The molecule has 92 valence electrons. The van der Waals surface area contributed by atoms with Crippen LogP contribution in [0.2, 0.25) is 0 Å². The van der Waals surface area contributed by atoms with E-state index in [0.29, 0.717) is 17.3 Å². The van der Waals surface area contributed by atoms with Gasteiger partial charge in [-0.05, 0) is 24.8 Å². The zero-order valence-corrected chi connectivity index (χ0v) is 9.90. The van der Waals surface area contributed by atoms with Crippen LogP contribution in [0.4, 0.5) is 5.00 Å². The van der Waals surface area contributed by atoms with E-state index < -0.39 is 4.92 Å². The molecule has 1 atom stereocenters. The topological polar surface area (TPSA) is 98.3 Å². The predicted molar refractivity (Wildman–Crippen MR) is 64.0 cm³/mol. The van der Waals surface area contributed by atoms with Gasteiger partial charge in [0.15, 0.2) is 0 Å². The third-order valence-electron chi connectivity index (χ3n) is 2.72. The molecule has 0 aliphatic heterocycles. The zero-order valence-electron chi connectivity index (χ0n) is 9.09. The highest BCUT2D eigenvalue weighted by Crippen LogP contribution is 2.31. The molecule has 1 heterocycles. The lowest BCUT2D eigenvalue weighted by Crippen LogP contribution is -2.38. The maximum absolute atomic E-state index is 11.6. The molecule has 7 heteroatoms. The van der Waals surface area contributed by atoms with Crippen molar-refractivity contribution in [1.82, 2.24) is 5.32 Å². The van der Waals surface area contributed by atoms with Crippen molar-refractivity contribution >= 4 is 22.2 Å². The van der Waals surface area contributed by atoms with Crippen LogP contribution in [0, 0.1) is 16.0 Å². The minimum Gasteiger partial charge on any atom is -0.350 e. The van der Waals surface area contributed by atoms with Crippen LogP contribution in [0.25, 0.3) is 0 Å². The molecule has 0 saturated heterocycles. The Balaban J connectivity index is 1.87. The molecule has 1 unspecified atom stereocenters. The lowest BCUT2D eigenvalue weighted by Gasteiger charge is -2.10. The summed E-state index contributed by atoms with van der Waals surface area (Å²) in [7, 11) is 0. The first-order chi connectivity index (χ1) is 8.08. The fourth-order valence-electron chi connectivity index (χ4n) is 1.54. The Hall–Kier alpha value is -1.47. The maximum atomic E-state index is 11.6. The summed E-state index contributed by atoms with van der Waals surface area (Å²) in [5.41, 5.74) is 5.84. The van der Waals surface area contributed by atoms with E-state index in [4.69, 9.17) is 5.73 Å². The van der Waals surface area contributed by atoms with Crippen LogP contribution in [0.3, 0.4) is 0 Å². The van der Waals surface area contributed by atoms with E-state index in [9.17, 15) is 14.9 Å². The first-order valence-corrected chi connectivity index (χ1v) is 6.17. The lowest BCUT2D eigenvalue weighted by molar-refractivity contribution is -0.380. The number of nitrogens with two attached hydrogens (primary N) is 1. The van der Waals surface area contributed by atoms with Gasteiger partial charge in [-0.15, -0.1) is 0 Å². The third-order valence-corrected chi connectivity index (χ3v) is 3.76. The number of nitrogens with zero attached hydrogens (tertiary/aromatic N) is 1. The van der Waals surface area contributed by atoms with Gasteiger partial charge in [0.1, 0.15) is 0 Å². The summed E-state index contributed by atoms with van der Waals surface area (Å²) in [6.07, 6.45) is 2.25. The Morgan fingerprint density at radius 2 is 2.35 bits per heavy atom. The molecule has 1 saturated carbocycles. The Bertz CT molecular complexity index is 442. The molecule has 1 aliphatic rings. The molecule has 1 amide bonds. The normalized spacial score (nSPS) is 16.5. The average molecular weight is 255 g/mol. The van der Waals surface area contributed by atoms with Gasteiger partial charge in [0, 0.05) is 18.7 Å². The van der Waals surface area contributed by atoms with Crippen molar-refractivity contribution in [1.29, 1.82) is 0 Å². The highest BCUT2D eigenvalue weighted by molar-refractivity contribution is 7.17. The number of hydrogen-bond acceptors (Lipinski definition) is 5. The summed E-state index contributed by atoms with van der Waals surface area (Å²) in [5.74, 6) is 0.229. The van der Waals surface area contributed by atoms with Crippen molar-refractivity contribution in [3.8, 4) is 0 Å². The molecular formula is C10H13N3O3S. The van der Waals surface area contributed by atoms with Crippen LogP contribution in [0.1, 0.15) is 22.5 Å². The van der Waals surface area contributed by atoms with Crippen molar-refractivity contribution in [3.63, 3.8) is 0 Å². The molecule has 1 aromatic heterocycles. The standard InChI is InChI=1S/C10H13N3O3S/c11-7(6-1-2-6)5-12-10(14)8-3-4-9(17-8)13(15)16/h3-4,6-7H,1-2,5,11H2,(H,12,14). The molecule has 1 aliphatic carbocycles. The number of nitrogens with one attached hydrogen (secondary N) is 1. The van der Waals surface area contributed by atoms with Gasteiger partial charge in [-0.1, -0.05) is 11.3 Å². The molecule has 0 aromatic carbocycles. The molecule has 0 spiro atoms. The van der Waals surface area contributed by atoms with Crippen molar-refractivity contribution in [2.45, 2.75) is 18.9 Å². The molecule has 0 radical (unpaired) electrons. The Labute approximate surface area is 102 Å². The first kappa shape index (κ1) is 12.0. The average Bonchev–Trinajstić information content (AvgIpc) is 3.02. The van der Waals surface area contributed by atoms with E-state index in [1.54, 1.807) is 0 Å². The molecule has 1 fully saturated rings. The van der Waals surface area contributed by atoms with Crippen LogP contribution in [0.15, 0.2) is 12.1 Å². The number of hydrogen-bond donors (Lipinski definition) is 2. The van der Waals surface area contributed by atoms with Crippen LogP contribution in [-0.4, -0.2) is 23.4 Å². The fourth-order valence-corrected chi connectivity index (χ4v) is 2.27. The Morgan fingerprint density at radius 1 is 1.65 bits per heavy atom. The van der Waals surface area contributed by atoms with Crippen LogP contribution < -0.4 is 11.1 Å². The summed E-state index contributed by atoms with van der Waals surface area (Å²) >= 11 is 0.873.